The van der Waals surface area contributed by atoms with E-state index in [2.05, 4.69) is 12.2 Å². The summed E-state index contributed by atoms with van der Waals surface area (Å²) in [7, 11) is -3.09. The topological polar surface area (TPSA) is 69.7 Å². The third kappa shape index (κ3) is 5.08. The second kappa shape index (κ2) is 9.05. The van der Waals surface area contributed by atoms with Gasteiger partial charge in [0, 0.05) is 32.1 Å². The zero-order chi connectivity index (χ0) is 15.3. The van der Waals surface area contributed by atoms with Gasteiger partial charge in [-0.25, -0.2) is 12.7 Å². The molecule has 22 heavy (non-hydrogen) atoms. The summed E-state index contributed by atoms with van der Waals surface area (Å²) in [4.78, 5) is 14.5. The van der Waals surface area contributed by atoms with Gasteiger partial charge in [-0.3, -0.25) is 4.79 Å². The quantitative estimate of drug-likeness (QED) is 0.767. The Morgan fingerprint density at radius 3 is 2.55 bits per heavy atom. The Morgan fingerprint density at radius 2 is 2.00 bits per heavy atom. The lowest BCUT2D eigenvalue weighted by Gasteiger charge is -2.35. The molecule has 1 N–H and O–H groups in total. The number of sulfonamides is 1. The first-order valence-electron chi connectivity index (χ1n) is 8.02. The fourth-order valence-electron chi connectivity index (χ4n) is 3.18. The van der Waals surface area contributed by atoms with Gasteiger partial charge in [0.05, 0.1) is 5.75 Å². The molecule has 0 aromatic carbocycles. The molecule has 2 rings (SSSR count). The summed E-state index contributed by atoms with van der Waals surface area (Å²) < 4.78 is 25.0. The van der Waals surface area contributed by atoms with Crippen LogP contribution < -0.4 is 5.32 Å². The first-order chi connectivity index (χ1) is 10.0. The first-order valence-corrected chi connectivity index (χ1v) is 9.63. The van der Waals surface area contributed by atoms with Gasteiger partial charge in [-0.1, -0.05) is 6.92 Å². The van der Waals surface area contributed by atoms with Crippen molar-refractivity contribution in [2.75, 3.05) is 38.5 Å². The summed E-state index contributed by atoms with van der Waals surface area (Å²) >= 11 is 0. The van der Waals surface area contributed by atoms with E-state index in [4.69, 9.17) is 0 Å². The number of rotatable bonds is 6. The monoisotopic (exact) mass is 353 g/mol. The molecule has 2 heterocycles. The summed E-state index contributed by atoms with van der Waals surface area (Å²) in [5.41, 5.74) is 0. The molecule has 0 aromatic heterocycles. The van der Waals surface area contributed by atoms with Crippen LogP contribution in [0.3, 0.4) is 0 Å². The molecular weight excluding hydrogens is 326 g/mol. The molecule has 0 aromatic rings. The van der Waals surface area contributed by atoms with Crippen LogP contribution in [-0.4, -0.2) is 68.0 Å². The molecule has 2 fully saturated rings. The third-order valence-corrected chi connectivity index (χ3v) is 6.27. The van der Waals surface area contributed by atoms with Crippen molar-refractivity contribution in [2.45, 2.75) is 45.1 Å². The van der Waals surface area contributed by atoms with E-state index in [0.717, 1.165) is 38.9 Å². The number of carbonyl (C=O) groups is 1. The second-order valence-corrected chi connectivity index (χ2v) is 7.98. The van der Waals surface area contributed by atoms with Crippen LogP contribution in [-0.2, 0) is 14.8 Å². The normalized spacial score (nSPS) is 22.2. The molecule has 0 aliphatic carbocycles. The van der Waals surface area contributed by atoms with Crippen LogP contribution in [0.2, 0.25) is 0 Å². The van der Waals surface area contributed by atoms with Gasteiger partial charge >= 0.3 is 0 Å². The molecular formula is C14H28ClN3O3S. The van der Waals surface area contributed by atoms with Crippen molar-refractivity contribution in [1.29, 1.82) is 0 Å². The Hall–Kier alpha value is -0.370. The van der Waals surface area contributed by atoms with E-state index in [1.165, 1.54) is 4.31 Å². The predicted molar refractivity (Wildman–Crippen MR) is 89.7 cm³/mol. The Bertz CT molecular complexity index is 452. The lowest BCUT2D eigenvalue weighted by Crippen LogP contribution is -2.47. The van der Waals surface area contributed by atoms with Crippen LogP contribution in [0.25, 0.3) is 0 Å². The molecule has 2 aliphatic rings. The number of piperidine rings is 1. The summed E-state index contributed by atoms with van der Waals surface area (Å²) in [6.45, 7) is 5.67. The molecule has 0 radical (unpaired) electrons. The summed E-state index contributed by atoms with van der Waals surface area (Å²) in [5, 5.41) is 3.31. The van der Waals surface area contributed by atoms with Gasteiger partial charge in [0.1, 0.15) is 0 Å². The smallest absolute Gasteiger partial charge is 0.224 e. The maximum Gasteiger partial charge on any atom is 0.224 e. The highest BCUT2D eigenvalue weighted by Crippen LogP contribution is 2.17. The second-order valence-electron chi connectivity index (χ2n) is 5.89. The molecule has 2 saturated heterocycles. The van der Waals surface area contributed by atoms with Crippen molar-refractivity contribution in [3.05, 3.63) is 0 Å². The van der Waals surface area contributed by atoms with E-state index < -0.39 is 10.0 Å². The number of carbonyl (C=O) groups excluding carboxylic acids is 1. The van der Waals surface area contributed by atoms with Crippen molar-refractivity contribution >= 4 is 28.3 Å². The molecule has 2 aliphatic heterocycles. The van der Waals surface area contributed by atoms with Gasteiger partial charge in [-0.2, -0.15) is 0 Å². The number of hydrogen-bond donors (Lipinski definition) is 1. The number of nitrogens with one attached hydrogen (secondary N) is 1. The molecule has 8 heteroatoms. The lowest BCUT2D eigenvalue weighted by molar-refractivity contribution is -0.134. The molecule has 6 nitrogen and oxygen atoms in total. The van der Waals surface area contributed by atoms with Gasteiger partial charge in [-0.05, 0) is 38.8 Å². The van der Waals surface area contributed by atoms with Crippen molar-refractivity contribution in [3.63, 3.8) is 0 Å². The minimum Gasteiger partial charge on any atom is -0.340 e. The van der Waals surface area contributed by atoms with Crippen molar-refractivity contribution in [2.24, 2.45) is 0 Å². The average Bonchev–Trinajstić information content (AvgIpc) is 2.82. The fourth-order valence-corrected chi connectivity index (χ4v) is 4.71. The van der Waals surface area contributed by atoms with E-state index in [1.54, 1.807) is 0 Å². The zero-order valence-electron chi connectivity index (χ0n) is 13.3. The fraction of sp³-hybridized carbons (Fsp3) is 0.929. The summed E-state index contributed by atoms with van der Waals surface area (Å²) in [6.07, 6.45) is 3.92. The van der Waals surface area contributed by atoms with Crippen LogP contribution in [0.15, 0.2) is 0 Å². The lowest BCUT2D eigenvalue weighted by atomic mass is 10.0. The molecule has 0 spiro atoms. The van der Waals surface area contributed by atoms with Crippen molar-refractivity contribution in [3.8, 4) is 0 Å². The van der Waals surface area contributed by atoms with E-state index in [-0.39, 0.29) is 24.1 Å². The van der Waals surface area contributed by atoms with E-state index in [0.29, 0.717) is 32.0 Å². The average molecular weight is 354 g/mol. The van der Waals surface area contributed by atoms with Crippen LogP contribution in [0.1, 0.15) is 39.0 Å². The first kappa shape index (κ1) is 19.7. The molecule has 0 bridgehead atoms. The number of nitrogens with zero attached hydrogens (tertiary/aromatic N) is 2. The number of amides is 1. The Balaban J connectivity index is 0.00000242. The maximum absolute atomic E-state index is 12.5. The van der Waals surface area contributed by atoms with Gasteiger partial charge in [0.2, 0.25) is 15.9 Å². The highest BCUT2D eigenvalue weighted by atomic mass is 35.5. The minimum absolute atomic E-state index is 0. The van der Waals surface area contributed by atoms with Crippen molar-refractivity contribution < 1.29 is 13.2 Å². The standard InChI is InChI=1S/C14H27N3O3S.ClH/c1-2-9-17(13-4-7-15-8-5-13)14(18)6-11-16-10-3-12-21(16,19)20;/h13,15H,2-12H2,1H3;1H. The van der Waals surface area contributed by atoms with Gasteiger partial charge in [0.15, 0.2) is 0 Å². The molecule has 1 amide bonds. The van der Waals surface area contributed by atoms with Crippen LogP contribution in [0, 0.1) is 0 Å². The predicted octanol–water partition coefficient (Wildman–Crippen LogP) is 0.824. The molecule has 0 atom stereocenters. The van der Waals surface area contributed by atoms with Crippen molar-refractivity contribution in [1.82, 2.24) is 14.5 Å². The molecule has 0 unspecified atom stereocenters. The number of halogens is 1. The van der Waals surface area contributed by atoms with Crippen LogP contribution in [0.5, 0.6) is 0 Å². The maximum atomic E-state index is 12.5. The summed E-state index contributed by atoms with van der Waals surface area (Å²) in [5.74, 6) is 0.333. The van der Waals surface area contributed by atoms with Gasteiger partial charge in [-0.15, -0.1) is 12.4 Å². The minimum atomic E-state index is -3.09. The molecule has 0 saturated carbocycles. The Labute approximate surface area is 140 Å². The SMILES string of the molecule is CCCN(C(=O)CCN1CCCS1(=O)=O)C1CCNCC1.Cl. The van der Waals surface area contributed by atoms with E-state index >= 15 is 0 Å². The van der Waals surface area contributed by atoms with Gasteiger partial charge < -0.3 is 10.2 Å². The van der Waals surface area contributed by atoms with E-state index in [1.807, 2.05) is 4.90 Å². The third-order valence-electron chi connectivity index (χ3n) is 4.31. The zero-order valence-corrected chi connectivity index (χ0v) is 14.9. The summed E-state index contributed by atoms with van der Waals surface area (Å²) in [6, 6.07) is 0.314. The van der Waals surface area contributed by atoms with E-state index in [9.17, 15) is 13.2 Å². The largest absolute Gasteiger partial charge is 0.340 e. The Kier molecular flexibility index (Phi) is 8.10. The highest BCUT2D eigenvalue weighted by molar-refractivity contribution is 7.89. The highest BCUT2D eigenvalue weighted by Gasteiger charge is 2.30. The molecule has 130 valence electrons. The van der Waals surface area contributed by atoms with Crippen LogP contribution >= 0.6 is 12.4 Å². The van der Waals surface area contributed by atoms with Gasteiger partial charge in [0.25, 0.3) is 0 Å². The van der Waals surface area contributed by atoms with Crippen LogP contribution in [0.4, 0.5) is 0 Å². The Morgan fingerprint density at radius 1 is 1.32 bits per heavy atom. The number of hydrogen-bond acceptors (Lipinski definition) is 4.